The lowest BCUT2D eigenvalue weighted by molar-refractivity contribution is -0.111. The molecule has 0 saturated heterocycles. The molecule has 0 fully saturated rings. The topological polar surface area (TPSA) is 38.3 Å². The largest absolute Gasteiger partial charge is 0.433 e. The maximum atomic E-state index is 12.4. The van der Waals surface area contributed by atoms with Gasteiger partial charge in [-0.25, -0.2) is 0 Å². The molecular formula is C15H12BrF2NO2S. The highest BCUT2D eigenvalue weighted by atomic mass is 79.9. The summed E-state index contributed by atoms with van der Waals surface area (Å²) in [5.74, 6) is -0.478. The lowest BCUT2D eigenvalue weighted by Crippen LogP contribution is -2.12. The number of rotatable bonds is 5. The lowest BCUT2D eigenvalue weighted by atomic mass is 10.2. The Hall–Kier alpha value is -1.73. The fourth-order valence-corrected chi connectivity index (χ4v) is 3.06. The Bertz CT molecular complexity index is 701. The SMILES string of the molecule is Cc1cccc(OC(F)F)c1NC(=O)/C=C\c1ccc(Br)s1. The van der Waals surface area contributed by atoms with Gasteiger partial charge in [-0.2, -0.15) is 8.78 Å². The summed E-state index contributed by atoms with van der Waals surface area (Å²) in [6.07, 6.45) is 2.99. The van der Waals surface area contributed by atoms with E-state index in [-0.39, 0.29) is 11.4 Å². The number of hydrogen-bond donors (Lipinski definition) is 1. The number of para-hydroxylation sites is 1. The minimum atomic E-state index is -2.95. The van der Waals surface area contributed by atoms with E-state index < -0.39 is 12.5 Å². The Morgan fingerprint density at radius 2 is 2.14 bits per heavy atom. The van der Waals surface area contributed by atoms with E-state index >= 15 is 0 Å². The number of carbonyl (C=O) groups is 1. The van der Waals surface area contributed by atoms with Crippen molar-refractivity contribution in [3.05, 3.63) is 50.6 Å². The molecule has 0 unspecified atom stereocenters. The van der Waals surface area contributed by atoms with Crippen LogP contribution in [0.4, 0.5) is 14.5 Å². The third-order valence-electron chi connectivity index (χ3n) is 2.69. The van der Waals surface area contributed by atoms with Gasteiger partial charge in [-0.15, -0.1) is 11.3 Å². The molecule has 1 amide bonds. The van der Waals surface area contributed by atoms with E-state index in [1.807, 2.05) is 12.1 Å². The van der Waals surface area contributed by atoms with Crippen molar-refractivity contribution < 1.29 is 18.3 Å². The molecule has 0 saturated carbocycles. The fourth-order valence-electron chi connectivity index (χ4n) is 1.74. The number of nitrogens with one attached hydrogen (secondary N) is 1. The van der Waals surface area contributed by atoms with Gasteiger partial charge in [-0.3, -0.25) is 4.79 Å². The zero-order valence-electron chi connectivity index (χ0n) is 11.5. The molecule has 2 aromatic rings. The monoisotopic (exact) mass is 387 g/mol. The van der Waals surface area contributed by atoms with Crippen LogP contribution in [0.3, 0.4) is 0 Å². The van der Waals surface area contributed by atoms with Gasteiger partial charge in [0.15, 0.2) is 0 Å². The number of carbonyl (C=O) groups excluding carboxylic acids is 1. The first-order valence-electron chi connectivity index (χ1n) is 6.24. The normalized spacial score (nSPS) is 11.1. The summed E-state index contributed by atoms with van der Waals surface area (Å²) in [6.45, 7) is -1.25. The highest BCUT2D eigenvalue weighted by Crippen LogP contribution is 2.29. The average Bonchev–Trinajstić information content (AvgIpc) is 2.86. The third kappa shape index (κ3) is 4.64. The quantitative estimate of drug-likeness (QED) is 0.727. The van der Waals surface area contributed by atoms with Crippen molar-refractivity contribution in [2.75, 3.05) is 5.32 Å². The van der Waals surface area contributed by atoms with Crippen LogP contribution in [-0.4, -0.2) is 12.5 Å². The summed E-state index contributed by atoms with van der Waals surface area (Å²) < 4.78 is 30.2. The van der Waals surface area contributed by atoms with Crippen molar-refractivity contribution in [2.24, 2.45) is 0 Å². The van der Waals surface area contributed by atoms with Crippen LogP contribution < -0.4 is 10.1 Å². The molecule has 0 aliphatic heterocycles. The predicted molar refractivity (Wildman–Crippen MR) is 87.5 cm³/mol. The molecule has 22 heavy (non-hydrogen) atoms. The van der Waals surface area contributed by atoms with Crippen molar-refractivity contribution in [1.82, 2.24) is 0 Å². The first kappa shape index (κ1) is 16.6. The number of hydrogen-bond acceptors (Lipinski definition) is 3. The van der Waals surface area contributed by atoms with Gasteiger partial charge in [0.25, 0.3) is 0 Å². The summed E-state index contributed by atoms with van der Waals surface area (Å²) >= 11 is 4.81. The maximum Gasteiger partial charge on any atom is 0.387 e. The number of ether oxygens (including phenoxy) is 1. The number of thiophene rings is 1. The van der Waals surface area contributed by atoms with Gasteiger partial charge in [0, 0.05) is 11.0 Å². The summed E-state index contributed by atoms with van der Waals surface area (Å²) in [5, 5.41) is 2.57. The van der Waals surface area contributed by atoms with Gasteiger partial charge in [-0.05, 0) is 52.7 Å². The van der Waals surface area contributed by atoms with Crippen LogP contribution in [-0.2, 0) is 4.79 Å². The number of halogens is 3. The van der Waals surface area contributed by atoms with Crippen LogP contribution in [0.2, 0.25) is 0 Å². The third-order valence-corrected chi connectivity index (χ3v) is 4.28. The molecule has 1 heterocycles. The molecular weight excluding hydrogens is 376 g/mol. The number of amides is 1. The van der Waals surface area contributed by atoms with E-state index in [4.69, 9.17) is 0 Å². The number of alkyl halides is 2. The molecule has 0 bridgehead atoms. The second kappa shape index (κ2) is 7.51. The first-order valence-corrected chi connectivity index (χ1v) is 7.85. The molecule has 1 aromatic carbocycles. The Labute approximate surface area is 138 Å². The molecule has 0 aliphatic carbocycles. The van der Waals surface area contributed by atoms with Crippen LogP contribution in [0.5, 0.6) is 5.75 Å². The Kier molecular flexibility index (Phi) is 5.68. The summed E-state index contributed by atoms with van der Waals surface area (Å²) in [7, 11) is 0. The second-order valence-electron chi connectivity index (χ2n) is 4.29. The number of aryl methyl sites for hydroxylation is 1. The van der Waals surface area contributed by atoms with Gasteiger partial charge in [-0.1, -0.05) is 12.1 Å². The van der Waals surface area contributed by atoms with Crippen molar-refractivity contribution in [3.8, 4) is 5.75 Å². The molecule has 1 N–H and O–H groups in total. The van der Waals surface area contributed by atoms with E-state index in [0.717, 1.165) is 8.66 Å². The predicted octanol–water partition coefficient (Wildman–Crippen LogP) is 5.07. The molecule has 1 aromatic heterocycles. The van der Waals surface area contributed by atoms with Gasteiger partial charge in [0.05, 0.1) is 9.47 Å². The van der Waals surface area contributed by atoms with Gasteiger partial charge in [0.2, 0.25) is 5.91 Å². The number of benzene rings is 1. The lowest BCUT2D eigenvalue weighted by Gasteiger charge is -2.13. The van der Waals surface area contributed by atoms with Crippen molar-refractivity contribution in [2.45, 2.75) is 13.5 Å². The fraction of sp³-hybridized carbons (Fsp3) is 0.133. The average molecular weight is 388 g/mol. The van der Waals surface area contributed by atoms with Crippen LogP contribution in [0, 0.1) is 6.92 Å². The van der Waals surface area contributed by atoms with Gasteiger partial charge < -0.3 is 10.1 Å². The smallest absolute Gasteiger partial charge is 0.387 e. The van der Waals surface area contributed by atoms with E-state index in [0.29, 0.717) is 5.56 Å². The summed E-state index contributed by atoms with van der Waals surface area (Å²) in [6, 6.07) is 8.40. The van der Waals surface area contributed by atoms with Crippen molar-refractivity contribution in [3.63, 3.8) is 0 Å². The molecule has 3 nitrogen and oxygen atoms in total. The van der Waals surface area contributed by atoms with Gasteiger partial charge >= 0.3 is 6.61 Å². The highest BCUT2D eigenvalue weighted by molar-refractivity contribution is 9.11. The minimum absolute atomic E-state index is 0.0596. The minimum Gasteiger partial charge on any atom is -0.433 e. The number of anilines is 1. The van der Waals surface area contributed by atoms with Crippen molar-refractivity contribution >= 4 is 44.9 Å². The highest BCUT2D eigenvalue weighted by Gasteiger charge is 2.13. The molecule has 0 aliphatic rings. The molecule has 7 heteroatoms. The van der Waals surface area contributed by atoms with E-state index in [2.05, 4.69) is 26.0 Å². The molecule has 116 valence electrons. The molecule has 0 radical (unpaired) electrons. The van der Waals surface area contributed by atoms with E-state index in [1.165, 1.54) is 23.5 Å². The first-order chi connectivity index (χ1) is 10.5. The standard InChI is InChI=1S/C15H12BrF2NO2S/c1-9-3-2-4-11(21-15(17)18)14(9)19-13(20)8-6-10-5-7-12(16)22-10/h2-8,15H,1H3,(H,19,20)/b8-6-. The molecule has 0 spiro atoms. The zero-order chi connectivity index (χ0) is 16.1. The maximum absolute atomic E-state index is 12.4. The summed E-state index contributed by atoms with van der Waals surface area (Å²) in [5.41, 5.74) is 0.878. The molecule has 0 atom stereocenters. The Balaban J connectivity index is 2.12. The second-order valence-corrected chi connectivity index (χ2v) is 6.79. The van der Waals surface area contributed by atoms with Crippen LogP contribution in [0.15, 0.2) is 40.2 Å². The van der Waals surface area contributed by atoms with Crippen LogP contribution in [0.25, 0.3) is 6.08 Å². The van der Waals surface area contributed by atoms with Gasteiger partial charge in [0.1, 0.15) is 5.75 Å². The summed E-state index contributed by atoms with van der Waals surface area (Å²) in [4.78, 5) is 12.8. The molecule has 2 rings (SSSR count). The Morgan fingerprint density at radius 3 is 2.77 bits per heavy atom. The van der Waals surface area contributed by atoms with Crippen LogP contribution in [0.1, 0.15) is 10.4 Å². The van der Waals surface area contributed by atoms with Crippen molar-refractivity contribution in [1.29, 1.82) is 0 Å². The zero-order valence-corrected chi connectivity index (χ0v) is 13.9. The van der Waals surface area contributed by atoms with Crippen LogP contribution >= 0.6 is 27.3 Å². The van der Waals surface area contributed by atoms with E-state index in [1.54, 1.807) is 25.1 Å². The van der Waals surface area contributed by atoms with E-state index in [9.17, 15) is 13.6 Å². The Morgan fingerprint density at radius 1 is 1.36 bits per heavy atom.